The molecule has 1 aromatic heterocycles. The zero-order chi connectivity index (χ0) is 17.6. The first-order valence-electron chi connectivity index (χ1n) is 7.99. The van der Waals surface area contributed by atoms with Gasteiger partial charge in [0.15, 0.2) is 23.2 Å². The molecule has 1 aromatic carbocycles. The fourth-order valence-corrected chi connectivity index (χ4v) is 3.40. The molecule has 1 saturated heterocycles. The second-order valence-electron chi connectivity index (χ2n) is 5.46. The minimum absolute atomic E-state index is 0.0476. The van der Waals surface area contributed by atoms with Gasteiger partial charge in [0, 0.05) is 37.8 Å². The number of anilines is 1. The Morgan fingerprint density at radius 3 is 2.40 bits per heavy atom. The zero-order valence-corrected chi connectivity index (χ0v) is 15.1. The molecule has 0 bridgehead atoms. The zero-order valence-electron chi connectivity index (χ0n) is 14.3. The molecule has 0 saturated carbocycles. The Morgan fingerprint density at radius 1 is 1.16 bits per heavy atom. The maximum atomic E-state index is 12.5. The number of piperazine rings is 1. The van der Waals surface area contributed by atoms with Crippen LogP contribution in [-0.4, -0.2) is 62.8 Å². The van der Waals surface area contributed by atoms with Gasteiger partial charge in [-0.2, -0.15) is 0 Å². The van der Waals surface area contributed by atoms with Gasteiger partial charge in [-0.1, -0.05) is 6.07 Å². The first-order chi connectivity index (χ1) is 12.2. The normalized spacial score (nSPS) is 14.3. The third kappa shape index (κ3) is 3.96. The molecule has 0 N–H and O–H groups in total. The van der Waals surface area contributed by atoms with Crippen LogP contribution in [0.3, 0.4) is 0 Å². The lowest BCUT2D eigenvalue weighted by Gasteiger charge is -2.34. The molecular formula is C17H21N3O4S. The molecular weight excluding hydrogens is 342 g/mol. The first-order valence-corrected chi connectivity index (χ1v) is 8.87. The summed E-state index contributed by atoms with van der Waals surface area (Å²) in [4.78, 5) is 20.8. The van der Waals surface area contributed by atoms with Crippen molar-refractivity contribution in [3.8, 4) is 17.2 Å². The molecule has 3 rings (SSSR count). The molecule has 1 fully saturated rings. The summed E-state index contributed by atoms with van der Waals surface area (Å²) in [5.41, 5.74) is 0. The predicted octanol–water partition coefficient (Wildman–Crippen LogP) is 1.89. The van der Waals surface area contributed by atoms with E-state index < -0.39 is 0 Å². The maximum Gasteiger partial charge on any atom is 0.260 e. The van der Waals surface area contributed by atoms with Crippen molar-refractivity contribution in [2.24, 2.45) is 0 Å². The van der Waals surface area contributed by atoms with Crippen LogP contribution in [0.15, 0.2) is 29.8 Å². The SMILES string of the molecule is COc1cccc(OC)c1OCC(=O)N1CCN(c2nccs2)CC1. The number of aromatic nitrogens is 1. The van der Waals surface area contributed by atoms with E-state index in [1.165, 1.54) is 0 Å². The minimum atomic E-state index is -0.0493. The van der Waals surface area contributed by atoms with E-state index in [2.05, 4.69) is 9.88 Å². The topological polar surface area (TPSA) is 64.1 Å². The van der Waals surface area contributed by atoms with Crippen LogP contribution >= 0.6 is 11.3 Å². The smallest absolute Gasteiger partial charge is 0.260 e. The van der Waals surface area contributed by atoms with Gasteiger partial charge in [-0.05, 0) is 12.1 Å². The van der Waals surface area contributed by atoms with Crippen molar-refractivity contribution < 1.29 is 19.0 Å². The van der Waals surface area contributed by atoms with Crippen molar-refractivity contribution in [2.45, 2.75) is 0 Å². The Balaban J connectivity index is 1.55. The lowest BCUT2D eigenvalue weighted by Crippen LogP contribution is -2.50. The third-order valence-electron chi connectivity index (χ3n) is 4.04. The van der Waals surface area contributed by atoms with Crippen LogP contribution in [0.4, 0.5) is 5.13 Å². The van der Waals surface area contributed by atoms with Gasteiger partial charge < -0.3 is 24.0 Å². The van der Waals surface area contributed by atoms with Crippen LogP contribution in [-0.2, 0) is 4.79 Å². The minimum Gasteiger partial charge on any atom is -0.493 e. The lowest BCUT2D eigenvalue weighted by molar-refractivity contribution is -0.133. The highest BCUT2D eigenvalue weighted by atomic mass is 32.1. The number of hydrogen-bond acceptors (Lipinski definition) is 7. The van der Waals surface area contributed by atoms with Crippen LogP contribution in [0.25, 0.3) is 0 Å². The summed E-state index contributed by atoms with van der Waals surface area (Å²) in [6.07, 6.45) is 1.80. The fourth-order valence-electron chi connectivity index (χ4n) is 2.70. The summed E-state index contributed by atoms with van der Waals surface area (Å²) >= 11 is 1.61. The lowest BCUT2D eigenvalue weighted by atomic mass is 10.3. The van der Waals surface area contributed by atoms with Gasteiger partial charge in [0.25, 0.3) is 5.91 Å². The number of carbonyl (C=O) groups is 1. The van der Waals surface area contributed by atoms with Crippen molar-refractivity contribution in [1.29, 1.82) is 0 Å². The summed E-state index contributed by atoms with van der Waals surface area (Å²) in [5.74, 6) is 1.48. The van der Waals surface area contributed by atoms with E-state index in [9.17, 15) is 4.79 Å². The standard InChI is InChI=1S/C17H21N3O4S/c1-22-13-4-3-5-14(23-2)16(13)24-12-15(21)19-7-9-20(10-8-19)17-18-6-11-25-17/h3-6,11H,7-10,12H2,1-2H3. The van der Waals surface area contributed by atoms with Gasteiger partial charge in [-0.3, -0.25) is 4.79 Å². The van der Waals surface area contributed by atoms with Crippen LogP contribution in [0.1, 0.15) is 0 Å². The third-order valence-corrected chi connectivity index (χ3v) is 4.88. The number of amides is 1. The molecule has 0 aliphatic carbocycles. The Morgan fingerprint density at radius 2 is 1.84 bits per heavy atom. The maximum absolute atomic E-state index is 12.5. The number of benzene rings is 1. The molecule has 0 radical (unpaired) electrons. The van der Waals surface area contributed by atoms with Crippen molar-refractivity contribution in [3.63, 3.8) is 0 Å². The van der Waals surface area contributed by atoms with E-state index in [-0.39, 0.29) is 12.5 Å². The predicted molar refractivity (Wildman–Crippen MR) is 95.9 cm³/mol. The van der Waals surface area contributed by atoms with Crippen molar-refractivity contribution in [1.82, 2.24) is 9.88 Å². The quantitative estimate of drug-likeness (QED) is 0.781. The summed E-state index contributed by atoms with van der Waals surface area (Å²) in [6.45, 7) is 2.82. The summed E-state index contributed by atoms with van der Waals surface area (Å²) in [5, 5.41) is 2.96. The van der Waals surface area contributed by atoms with Crippen molar-refractivity contribution in [2.75, 3.05) is 51.9 Å². The molecule has 7 nitrogen and oxygen atoms in total. The van der Waals surface area contributed by atoms with Crippen LogP contribution < -0.4 is 19.1 Å². The number of hydrogen-bond donors (Lipinski definition) is 0. The molecule has 25 heavy (non-hydrogen) atoms. The van der Waals surface area contributed by atoms with E-state index in [0.29, 0.717) is 30.3 Å². The average molecular weight is 363 g/mol. The van der Waals surface area contributed by atoms with Crippen LogP contribution in [0.5, 0.6) is 17.2 Å². The van der Waals surface area contributed by atoms with Gasteiger partial charge >= 0.3 is 0 Å². The number of para-hydroxylation sites is 1. The van der Waals surface area contributed by atoms with Gasteiger partial charge in [0.05, 0.1) is 14.2 Å². The van der Waals surface area contributed by atoms with Gasteiger partial charge in [0.1, 0.15) is 0 Å². The van der Waals surface area contributed by atoms with Gasteiger partial charge in [-0.25, -0.2) is 4.98 Å². The van der Waals surface area contributed by atoms with E-state index in [1.54, 1.807) is 43.9 Å². The van der Waals surface area contributed by atoms with Crippen LogP contribution in [0.2, 0.25) is 0 Å². The summed E-state index contributed by atoms with van der Waals surface area (Å²) in [7, 11) is 3.11. The molecule has 1 aliphatic heterocycles. The number of nitrogens with zero attached hydrogens (tertiary/aromatic N) is 3. The fraction of sp³-hybridized carbons (Fsp3) is 0.412. The van der Waals surface area contributed by atoms with Crippen LogP contribution in [0, 0.1) is 0 Å². The second-order valence-corrected chi connectivity index (χ2v) is 6.34. The molecule has 1 amide bonds. The molecule has 134 valence electrons. The molecule has 0 unspecified atom stereocenters. The van der Waals surface area contributed by atoms with E-state index in [4.69, 9.17) is 14.2 Å². The monoisotopic (exact) mass is 363 g/mol. The molecule has 8 heteroatoms. The van der Waals surface area contributed by atoms with Gasteiger partial charge in [-0.15, -0.1) is 11.3 Å². The Bertz CT molecular complexity index is 678. The number of ether oxygens (including phenoxy) is 3. The summed E-state index contributed by atoms with van der Waals surface area (Å²) in [6, 6.07) is 5.36. The number of thiazole rings is 1. The highest BCUT2D eigenvalue weighted by Crippen LogP contribution is 2.36. The van der Waals surface area contributed by atoms with Crippen molar-refractivity contribution in [3.05, 3.63) is 29.8 Å². The Hall–Kier alpha value is -2.48. The highest BCUT2D eigenvalue weighted by Gasteiger charge is 2.23. The molecule has 0 atom stereocenters. The van der Waals surface area contributed by atoms with Crippen molar-refractivity contribution >= 4 is 22.4 Å². The molecule has 2 aromatic rings. The Kier molecular flexibility index (Phi) is 5.60. The first kappa shape index (κ1) is 17.3. The second kappa shape index (κ2) is 8.06. The highest BCUT2D eigenvalue weighted by molar-refractivity contribution is 7.13. The number of methoxy groups -OCH3 is 2. The molecule has 1 aliphatic rings. The van der Waals surface area contributed by atoms with E-state index in [0.717, 1.165) is 18.2 Å². The van der Waals surface area contributed by atoms with E-state index >= 15 is 0 Å². The summed E-state index contributed by atoms with van der Waals surface area (Å²) < 4.78 is 16.3. The number of carbonyl (C=O) groups excluding carboxylic acids is 1. The number of rotatable bonds is 6. The Labute approximate surface area is 150 Å². The largest absolute Gasteiger partial charge is 0.493 e. The average Bonchev–Trinajstić information content (AvgIpc) is 3.20. The van der Waals surface area contributed by atoms with Gasteiger partial charge in [0.2, 0.25) is 5.75 Å². The van der Waals surface area contributed by atoms with E-state index in [1.807, 2.05) is 16.3 Å². The molecule has 2 heterocycles. The molecule has 0 spiro atoms.